The highest BCUT2D eigenvalue weighted by molar-refractivity contribution is 6.10. The molecule has 0 saturated carbocycles. The van der Waals surface area contributed by atoms with Crippen molar-refractivity contribution in [3.63, 3.8) is 0 Å². The lowest BCUT2D eigenvalue weighted by Gasteiger charge is -2.30. The summed E-state index contributed by atoms with van der Waals surface area (Å²) in [6, 6.07) is 78.4. The van der Waals surface area contributed by atoms with Crippen molar-refractivity contribution in [2.45, 2.75) is 5.41 Å². The molecule has 0 saturated heterocycles. The number of hydrogen-bond acceptors (Lipinski definition) is 3. The van der Waals surface area contributed by atoms with Gasteiger partial charge >= 0.3 is 0 Å². The Balaban J connectivity index is 1.04. The van der Waals surface area contributed by atoms with Gasteiger partial charge in [0.25, 0.3) is 0 Å². The number of fused-ring (bicyclic) bond motifs is 13. The maximum Gasteiger partial charge on any atom is 0.164 e. The van der Waals surface area contributed by atoms with Crippen LogP contribution in [0.5, 0.6) is 0 Å². The lowest BCUT2D eigenvalue weighted by Crippen LogP contribution is -2.25. The summed E-state index contributed by atoms with van der Waals surface area (Å²) in [4.78, 5) is 15.9. The summed E-state index contributed by atoms with van der Waals surface area (Å²) in [5, 5.41) is 2.39. The SMILES string of the molecule is c1ccc(-c2nc(-c3ccc4c5ccccc5n(-c5ccccc5)c4c3)nc(-c3ccccc3-c3cccc4c3-c3ccccc3C43c4ccccc4-c4ccccc43)n2)cc1. The molecule has 0 fully saturated rings. The van der Waals surface area contributed by atoms with Crippen LogP contribution in [0.2, 0.25) is 0 Å². The molecule has 0 N–H and O–H groups in total. The Morgan fingerprint density at radius 1 is 0.306 bits per heavy atom. The largest absolute Gasteiger partial charge is 0.309 e. The van der Waals surface area contributed by atoms with Crippen LogP contribution in [-0.4, -0.2) is 19.5 Å². The summed E-state index contributed by atoms with van der Waals surface area (Å²) in [5.41, 5.74) is 18.3. The number of benzene rings is 9. The number of hydrogen-bond donors (Lipinski definition) is 0. The van der Waals surface area contributed by atoms with Gasteiger partial charge in [0.05, 0.1) is 16.4 Å². The first-order valence-corrected chi connectivity index (χ1v) is 21.2. The van der Waals surface area contributed by atoms with Gasteiger partial charge in [0, 0.05) is 33.2 Å². The Kier molecular flexibility index (Phi) is 7.49. The Morgan fingerprint density at radius 2 is 0.806 bits per heavy atom. The minimum Gasteiger partial charge on any atom is -0.309 e. The van der Waals surface area contributed by atoms with Gasteiger partial charge in [-0.25, -0.2) is 15.0 Å². The second-order valence-electron chi connectivity index (χ2n) is 16.3. The minimum absolute atomic E-state index is 0.439. The Labute approximate surface area is 359 Å². The fourth-order valence-electron chi connectivity index (χ4n) is 10.6. The molecule has 4 heteroatoms. The lowest BCUT2D eigenvalue weighted by molar-refractivity contribution is 0.794. The van der Waals surface area contributed by atoms with Crippen molar-refractivity contribution in [2.75, 3.05) is 0 Å². The van der Waals surface area contributed by atoms with Gasteiger partial charge in [-0.3, -0.25) is 0 Å². The summed E-state index contributed by atoms with van der Waals surface area (Å²) < 4.78 is 2.34. The molecular formula is C58H36N4. The monoisotopic (exact) mass is 788 g/mol. The van der Waals surface area contributed by atoms with Crippen LogP contribution < -0.4 is 0 Å². The summed E-state index contributed by atoms with van der Waals surface area (Å²) in [5.74, 6) is 1.88. The van der Waals surface area contributed by atoms with Crippen molar-refractivity contribution in [1.29, 1.82) is 0 Å². The Hall–Kier alpha value is -8.21. The van der Waals surface area contributed by atoms with Crippen LogP contribution in [0, 0.1) is 0 Å². The van der Waals surface area contributed by atoms with Gasteiger partial charge in [-0.2, -0.15) is 0 Å². The normalized spacial score (nSPS) is 13.0. The van der Waals surface area contributed by atoms with Crippen molar-refractivity contribution in [3.8, 4) is 73.2 Å². The van der Waals surface area contributed by atoms with Gasteiger partial charge in [0.1, 0.15) is 0 Å². The predicted molar refractivity (Wildman–Crippen MR) is 252 cm³/mol. The van der Waals surface area contributed by atoms with Gasteiger partial charge in [0.2, 0.25) is 0 Å². The van der Waals surface area contributed by atoms with Crippen LogP contribution in [0.4, 0.5) is 0 Å². The molecule has 0 atom stereocenters. The molecule has 0 amide bonds. The third-order valence-electron chi connectivity index (χ3n) is 13.1. The fraction of sp³-hybridized carbons (Fsp3) is 0.0172. The van der Waals surface area contributed by atoms with E-state index in [0.717, 1.165) is 44.5 Å². The van der Waals surface area contributed by atoms with Crippen molar-refractivity contribution in [1.82, 2.24) is 19.5 Å². The molecule has 0 aliphatic heterocycles. The zero-order chi connectivity index (χ0) is 40.8. The molecule has 62 heavy (non-hydrogen) atoms. The summed E-state index contributed by atoms with van der Waals surface area (Å²) in [6.45, 7) is 0. The van der Waals surface area contributed by atoms with Crippen LogP contribution in [0.1, 0.15) is 22.3 Å². The van der Waals surface area contributed by atoms with E-state index in [1.165, 1.54) is 55.3 Å². The predicted octanol–water partition coefficient (Wildman–Crippen LogP) is 14.0. The number of rotatable bonds is 5. The zero-order valence-corrected chi connectivity index (χ0v) is 33.6. The summed E-state index contributed by atoms with van der Waals surface area (Å²) in [7, 11) is 0. The maximum absolute atomic E-state index is 5.39. The molecular weight excluding hydrogens is 753 g/mol. The molecule has 0 radical (unpaired) electrons. The van der Waals surface area contributed by atoms with Crippen molar-refractivity contribution < 1.29 is 0 Å². The standard InChI is InChI=1S/C58H36N4/c1-3-18-37(19-4-1)55-59-56(38-34-35-44-43-25-12-16-33-52(43)62(53(44)36-38)39-20-5-2-6-21-39)61-57(60-55)46-26-8-7-22-40(46)45-28-17-32-51-54(45)47-27-11-15-31-50(47)58(51)48-29-13-9-23-41(48)42-24-10-14-30-49(42)58/h1-36H. The second kappa shape index (κ2) is 13.4. The Morgan fingerprint density at radius 3 is 1.53 bits per heavy atom. The van der Waals surface area contributed by atoms with E-state index in [4.69, 9.17) is 15.0 Å². The summed E-state index contributed by atoms with van der Waals surface area (Å²) in [6.07, 6.45) is 0. The van der Waals surface area contributed by atoms with Gasteiger partial charge in [-0.15, -0.1) is 0 Å². The molecule has 288 valence electrons. The minimum atomic E-state index is -0.439. The molecule has 0 bridgehead atoms. The third-order valence-corrected chi connectivity index (χ3v) is 13.1. The third kappa shape index (κ3) is 4.86. The van der Waals surface area contributed by atoms with E-state index in [9.17, 15) is 0 Å². The highest BCUT2D eigenvalue weighted by Crippen LogP contribution is 2.64. The molecule has 4 nitrogen and oxygen atoms in total. The molecule has 2 aromatic heterocycles. The lowest BCUT2D eigenvalue weighted by atomic mass is 9.70. The first-order chi connectivity index (χ1) is 30.8. The highest BCUT2D eigenvalue weighted by Gasteiger charge is 2.52. The average molecular weight is 789 g/mol. The molecule has 13 rings (SSSR count). The highest BCUT2D eigenvalue weighted by atomic mass is 15.0. The van der Waals surface area contributed by atoms with E-state index in [2.05, 4.69) is 205 Å². The van der Waals surface area contributed by atoms with Crippen LogP contribution in [-0.2, 0) is 5.41 Å². The van der Waals surface area contributed by atoms with Crippen molar-refractivity contribution >= 4 is 21.8 Å². The first-order valence-electron chi connectivity index (χ1n) is 21.2. The van der Waals surface area contributed by atoms with Crippen LogP contribution in [0.15, 0.2) is 218 Å². The number of nitrogens with zero attached hydrogens (tertiary/aromatic N) is 4. The van der Waals surface area contributed by atoms with Crippen LogP contribution >= 0.6 is 0 Å². The summed E-state index contributed by atoms with van der Waals surface area (Å²) >= 11 is 0. The topological polar surface area (TPSA) is 43.6 Å². The van der Waals surface area contributed by atoms with Gasteiger partial charge < -0.3 is 4.57 Å². The molecule has 2 aliphatic carbocycles. The van der Waals surface area contributed by atoms with Gasteiger partial charge in [-0.05, 0) is 79.9 Å². The van der Waals surface area contributed by atoms with Crippen LogP contribution in [0.25, 0.3) is 95.0 Å². The smallest absolute Gasteiger partial charge is 0.164 e. The average Bonchev–Trinajstić information content (AvgIpc) is 3.96. The quantitative estimate of drug-likeness (QED) is 0.174. The molecule has 11 aromatic rings. The maximum atomic E-state index is 5.39. The van der Waals surface area contributed by atoms with Gasteiger partial charge in [0.15, 0.2) is 17.5 Å². The van der Waals surface area contributed by atoms with Crippen molar-refractivity contribution in [2.24, 2.45) is 0 Å². The molecule has 0 unspecified atom stereocenters. The zero-order valence-electron chi connectivity index (χ0n) is 33.6. The second-order valence-corrected chi connectivity index (χ2v) is 16.3. The fourth-order valence-corrected chi connectivity index (χ4v) is 10.6. The molecule has 9 aromatic carbocycles. The van der Waals surface area contributed by atoms with E-state index in [0.29, 0.717) is 17.5 Å². The van der Waals surface area contributed by atoms with E-state index < -0.39 is 5.41 Å². The molecule has 2 aliphatic rings. The Bertz CT molecular complexity index is 3540. The van der Waals surface area contributed by atoms with Crippen molar-refractivity contribution in [3.05, 3.63) is 241 Å². The molecule has 1 spiro atoms. The van der Waals surface area contributed by atoms with E-state index >= 15 is 0 Å². The number of para-hydroxylation sites is 2. The van der Waals surface area contributed by atoms with Crippen LogP contribution in [0.3, 0.4) is 0 Å². The first kappa shape index (κ1) is 34.6. The van der Waals surface area contributed by atoms with Gasteiger partial charge in [-0.1, -0.05) is 194 Å². The van der Waals surface area contributed by atoms with E-state index in [1.54, 1.807) is 0 Å². The van der Waals surface area contributed by atoms with E-state index in [1.807, 2.05) is 18.2 Å². The number of aromatic nitrogens is 4. The molecule has 2 heterocycles. The van der Waals surface area contributed by atoms with E-state index in [-0.39, 0.29) is 0 Å².